The number of nitrogens with zero attached hydrogens (tertiary/aromatic N) is 2. The summed E-state index contributed by atoms with van der Waals surface area (Å²) in [7, 11) is 0. The number of aromatic nitrogens is 2. The number of rotatable bonds is 12. The van der Waals surface area contributed by atoms with Crippen LogP contribution in [0.3, 0.4) is 0 Å². The Morgan fingerprint density at radius 3 is 2.54 bits per heavy atom. The maximum Gasteiger partial charge on any atom is 1.00 e. The third kappa shape index (κ3) is 8.49. The van der Waals surface area contributed by atoms with Crippen molar-refractivity contribution in [3.63, 3.8) is 0 Å². The van der Waals surface area contributed by atoms with E-state index in [1.807, 2.05) is 6.07 Å². The molecule has 0 radical (unpaired) electrons. The molecule has 0 bridgehead atoms. The average molecular weight is 567 g/mol. The molecule has 1 saturated carbocycles. The van der Waals surface area contributed by atoms with Crippen molar-refractivity contribution in [2.75, 3.05) is 0 Å². The zero-order chi connectivity index (χ0) is 27.6. The van der Waals surface area contributed by atoms with Crippen LogP contribution >= 0.6 is 11.6 Å². The van der Waals surface area contributed by atoms with Crippen molar-refractivity contribution in [3.8, 4) is 11.5 Å². The molecule has 1 aliphatic rings. The Balaban J connectivity index is 0.00000420. The van der Waals surface area contributed by atoms with Crippen LogP contribution in [0.5, 0.6) is 0 Å². The number of carbonyl (C=O) groups excluding carboxylic acids is 2. The van der Waals surface area contributed by atoms with Crippen molar-refractivity contribution in [2.24, 2.45) is 5.41 Å². The van der Waals surface area contributed by atoms with Crippen molar-refractivity contribution in [3.05, 3.63) is 57.2 Å². The molecule has 0 amide bonds. The standard InChI is InChI=1S/C29H34ClFN2O5.Na/c1-16-11-22(30)19(14-23(16)31)13-20(34)12-18(7-8-25(35)36)27-26(17-5-6-17)28(38-33-27)24-15-21(37-32-24)9-10-29(2,3)4;/h11,14-15,17-18H,5-10,12-13H2,1-4H3,(H,35,36);/q;+1/p-1/t18-;/m0./s1. The van der Waals surface area contributed by atoms with E-state index in [4.69, 9.17) is 20.6 Å². The Kier molecular flexibility index (Phi) is 10.6. The third-order valence-corrected chi connectivity index (χ3v) is 7.28. The van der Waals surface area contributed by atoms with Gasteiger partial charge in [0.2, 0.25) is 0 Å². The van der Waals surface area contributed by atoms with Crippen molar-refractivity contribution in [1.82, 2.24) is 10.3 Å². The topological polar surface area (TPSA) is 109 Å². The van der Waals surface area contributed by atoms with Gasteiger partial charge in [-0.25, -0.2) is 4.39 Å². The number of aryl methyl sites for hydroxylation is 2. The Hall–Kier alpha value is -2.00. The van der Waals surface area contributed by atoms with Crippen LogP contribution in [0, 0.1) is 18.2 Å². The van der Waals surface area contributed by atoms with Gasteiger partial charge in [-0.3, -0.25) is 4.79 Å². The van der Waals surface area contributed by atoms with Crippen molar-refractivity contribution >= 4 is 23.4 Å². The predicted molar refractivity (Wildman–Crippen MR) is 138 cm³/mol. The SMILES string of the molecule is Cc1cc(Cl)c(CC(=O)C[C@H](CCC(=O)[O-])c2noc(-c3cc(CCC(C)(C)C)on3)c2C2CC2)cc1F.[Na+]. The number of ketones is 1. The summed E-state index contributed by atoms with van der Waals surface area (Å²) in [4.78, 5) is 24.4. The van der Waals surface area contributed by atoms with Gasteiger partial charge < -0.3 is 18.9 Å². The van der Waals surface area contributed by atoms with Crippen LogP contribution in [-0.2, 0) is 22.4 Å². The van der Waals surface area contributed by atoms with Crippen LogP contribution < -0.4 is 34.7 Å². The van der Waals surface area contributed by atoms with E-state index in [0.29, 0.717) is 33.3 Å². The van der Waals surface area contributed by atoms with E-state index in [2.05, 4.69) is 31.1 Å². The Labute approximate surface area is 255 Å². The summed E-state index contributed by atoms with van der Waals surface area (Å²) in [6.07, 6.45) is 3.42. The molecule has 204 valence electrons. The number of carboxylic acids is 1. The number of halogens is 2. The molecule has 1 fully saturated rings. The van der Waals surface area contributed by atoms with Gasteiger partial charge in [-0.1, -0.05) is 42.7 Å². The molecular weight excluding hydrogens is 534 g/mol. The van der Waals surface area contributed by atoms with Crippen LogP contribution in [-0.4, -0.2) is 22.1 Å². The largest absolute Gasteiger partial charge is 1.00 e. The van der Waals surface area contributed by atoms with Gasteiger partial charge in [-0.15, -0.1) is 0 Å². The molecule has 1 aliphatic carbocycles. The van der Waals surface area contributed by atoms with Crippen molar-refractivity contribution < 1.29 is 57.7 Å². The number of hydrogen-bond donors (Lipinski definition) is 0. The van der Waals surface area contributed by atoms with Crippen molar-refractivity contribution in [2.45, 2.75) is 90.9 Å². The summed E-state index contributed by atoms with van der Waals surface area (Å²) in [5.74, 6) is -0.892. The summed E-state index contributed by atoms with van der Waals surface area (Å²) in [5.41, 5.74) is 2.91. The van der Waals surface area contributed by atoms with Gasteiger partial charge in [0.15, 0.2) is 11.5 Å². The minimum Gasteiger partial charge on any atom is -0.550 e. The Morgan fingerprint density at radius 2 is 1.90 bits per heavy atom. The number of hydrogen-bond acceptors (Lipinski definition) is 7. The predicted octanol–water partition coefficient (Wildman–Crippen LogP) is 3.11. The average Bonchev–Trinajstić information content (AvgIpc) is 3.39. The molecule has 3 aromatic rings. The van der Waals surface area contributed by atoms with Gasteiger partial charge in [0, 0.05) is 47.8 Å². The van der Waals surface area contributed by atoms with Crippen LogP contribution in [0.25, 0.3) is 11.5 Å². The molecule has 10 heteroatoms. The fourth-order valence-corrected chi connectivity index (χ4v) is 4.89. The maximum atomic E-state index is 14.1. The number of benzene rings is 1. The smallest absolute Gasteiger partial charge is 0.550 e. The van der Waals surface area contributed by atoms with E-state index in [9.17, 15) is 19.1 Å². The van der Waals surface area contributed by atoms with Crippen molar-refractivity contribution in [1.29, 1.82) is 0 Å². The normalized spacial score (nSPS) is 14.2. The fraction of sp³-hybridized carbons (Fsp3) is 0.517. The molecule has 0 N–H and O–H groups in total. The first-order valence-corrected chi connectivity index (χ1v) is 13.4. The molecular formula is C29H33ClFN2NaO5. The molecule has 0 spiro atoms. The Bertz CT molecular complexity index is 1330. The van der Waals surface area contributed by atoms with Gasteiger partial charge >= 0.3 is 29.6 Å². The summed E-state index contributed by atoms with van der Waals surface area (Å²) < 4.78 is 25.4. The molecule has 4 rings (SSSR count). The number of Topliss-reactive ketones (excluding diaryl/α,β-unsaturated/α-hetero) is 1. The second-order valence-electron chi connectivity index (χ2n) is 11.5. The molecule has 0 unspecified atom stereocenters. The zero-order valence-corrected chi connectivity index (χ0v) is 26.0. The van der Waals surface area contributed by atoms with E-state index in [1.54, 1.807) is 6.92 Å². The molecule has 39 heavy (non-hydrogen) atoms. The van der Waals surface area contributed by atoms with E-state index in [0.717, 1.165) is 37.0 Å². The molecule has 7 nitrogen and oxygen atoms in total. The van der Waals surface area contributed by atoms with Crippen LogP contribution in [0.1, 0.15) is 99.3 Å². The van der Waals surface area contributed by atoms with E-state index in [-0.39, 0.29) is 72.4 Å². The monoisotopic (exact) mass is 566 g/mol. The molecule has 2 heterocycles. The zero-order valence-electron chi connectivity index (χ0n) is 23.2. The van der Waals surface area contributed by atoms with Gasteiger partial charge in [-0.2, -0.15) is 0 Å². The second kappa shape index (κ2) is 13.1. The summed E-state index contributed by atoms with van der Waals surface area (Å²) in [6, 6.07) is 4.63. The van der Waals surface area contributed by atoms with Gasteiger partial charge in [0.1, 0.15) is 17.4 Å². The van der Waals surface area contributed by atoms with Crippen LogP contribution in [0.15, 0.2) is 27.2 Å². The van der Waals surface area contributed by atoms with E-state index < -0.39 is 17.7 Å². The summed E-state index contributed by atoms with van der Waals surface area (Å²) in [6.45, 7) is 8.09. The maximum absolute atomic E-state index is 14.1. The van der Waals surface area contributed by atoms with Crippen LogP contribution in [0.4, 0.5) is 4.39 Å². The molecule has 2 aromatic heterocycles. The number of carbonyl (C=O) groups is 2. The Morgan fingerprint density at radius 1 is 1.18 bits per heavy atom. The molecule has 1 atom stereocenters. The van der Waals surface area contributed by atoms with Crippen LogP contribution in [0.2, 0.25) is 5.02 Å². The van der Waals surface area contributed by atoms with E-state index in [1.165, 1.54) is 12.1 Å². The van der Waals surface area contributed by atoms with Gasteiger partial charge in [-0.05, 0) is 73.6 Å². The first-order chi connectivity index (χ1) is 17.9. The molecule has 0 aliphatic heterocycles. The quantitative estimate of drug-likeness (QED) is 0.310. The first kappa shape index (κ1) is 31.5. The molecule has 0 saturated heterocycles. The summed E-state index contributed by atoms with van der Waals surface area (Å²) in [5, 5.41) is 20.2. The minimum absolute atomic E-state index is 0. The summed E-state index contributed by atoms with van der Waals surface area (Å²) >= 11 is 6.25. The molecule has 1 aromatic carbocycles. The minimum atomic E-state index is -1.21. The van der Waals surface area contributed by atoms with Gasteiger partial charge in [0.05, 0.1) is 5.69 Å². The van der Waals surface area contributed by atoms with Gasteiger partial charge in [0.25, 0.3) is 0 Å². The van der Waals surface area contributed by atoms with E-state index >= 15 is 0 Å². The fourth-order valence-electron chi connectivity index (χ4n) is 4.60. The number of carboxylic acid groups (broad SMARTS) is 1. The first-order valence-electron chi connectivity index (χ1n) is 13.0. The number of aliphatic carboxylic acids is 1. The second-order valence-corrected chi connectivity index (χ2v) is 12.0. The third-order valence-electron chi connectivity index (χ3n) is 6.93.